The zero-order chi connectivity index (χ0) is 12.1. The molecule has 90 valence electrons. The minimum Gasteiger partial charge on any atom is -0.493 e. The zero-order valence-electron chi connectivity index (χ0n) is 10.7. The molecule has 1 N–H and O–H groups in total. The van der Waals surface area contributed by atoms with E-state index in [0.29, 0.717) is 12.5 Å². The quantitative estimate of drug-likeness (QED) is 0.826. The number of aryl methyl sites for hydroxylation is 1. The third-order valence-electron chi connectivity index (χ3n) is 2.57. The Morgan fingerprint density at radius 1 is 1.25 bits per heavy atom. The fraction of sp³-hybridized carbons (Fsp3) is 0.571. The molecule has 0 bridgehead atoms. The number of ether oxygens (including phenoxy) is 1. The van der Waals surface area contributed by atoms with Gasteiger partial charge in [0.15, 0.2) is 0 Å². The SMILES string of the molecule is Cc1ccc(OCCC(C)C)c([C@H](C)O)c1. The molecule has 0 spiro atoms. The molecule has 0 aromatic heterocycles. The summed E-state index contributed by atoms with van der Waals surface area (Å²) in [7, 11) is 0. The largest absolute Gasteiger partial charge is 0.493 e. The topological polar surface area (TPSA) is 29.5 Å². The Morgan fingerprint density at radius 3 is 2.50 bits per heavy atom. The summed E-state index contributed by atoms with van der Waals surface area (Å²) in [5.74, 6) is 1.45. The van der Waals surface area contributed by atoms with Gasteiger partial charge in [-0.3, -0.25) is 0 Å². The number of rotatable bonds is 5. The summed E-state index contributed by atoms with van der Waals surface area (Å²) in [6, 6.07) is 5.93. The van der Waals surface area contributed by atoms with Gasteiger partial charge in [0.1, 0.15) is 5.75 Å². The van der Waals surface area contributed by atoms with Gasteiger partial charge in [0, 0.05) is 5.56 Å². The first kappa shape index (κ1) is 13.0. The van der Waals surface area contributed by atoms with Crippen molar-refractivity contribution in [1.82, 2.24) is 0 Å². The van der Waals surface area contributed by atoms with Crippen molar-refractivity contribution in [2.24, 2.45) is 5.92 Å². The highest BCUT2D eigenvalue weighted by atomic mass is 16.5. The molecule has 1 rings (SSSR count). The maximum atomic E-state index is 9.66. The fourth-order valence-corrected chi connectivity index (χ4v) is 1.53. The van der Waals surface area contributed by atoms with Gasteiger partial charge < -0.3 is 9.84 Å². The number of aliphatic hydroxyl groups is 1. The first-order chi connectivity index (χ1) is 7.50. The molecule has 0 unspecified atom stereocenters. The van der Waals surface area contributed by atoms with Crippen LogP contribution >= 0.6 is 0 Å². The van der Waals surface area contributed by atoms with Crippen molar-refractivity contribution in [3.05, 3.63) is 29.3 Å². The Balaban J connectivity index is 2.71. The number of hydrogen-bond donors (Lipinski definition) is 1. The molecule has 2 heteroatoms. The molecule has 1 atom stereocenters. The van der Waals surface area contributed by atoms with Crippen LogP contribution in [0.25, 0.3) is 0 Å². The highest BCUT2D eigenvalue weighted by Crippen LogP contribution is 2.26. The van der Waals surface area contributed by atoms with E-state index in [4.69, 9.17) is 4.74 Å². The van der Waals surface area contributed by atoms with Crippen molar-refractivity contribution in [3.63, 3.8) is 0 Å². The minimum absolute atomic E-state index is 0.478. The van der Waals surface area contributed by atoms with E-state index in [2.05, 4.69) is 13.8 Å². The van der Waals surface area contributed by atoms with Crippen LogP contribution in [-0.2, 0) is 0 Å². The normalized spacial score (nSPS) is 12.9. The van der Waals surface area contributed by atoms with Crippen LogP contribution in [-0.4, -0.2) is 11.7 Å². The molecule has 1 aromatic rings. The van der Waals surface area contributed by atoms with Gasteiger partial charge in [0.2, 0.25) is 0 Å². The van der Waals surface area contributed by atoms with Crippen LogP contribution in [0.3, 0.4) is 0 Å². The van der Waals surface area contributed by atoms with Gasteiger partial charge >= 0.3 is 0 Å². The molecule has 0 aliphatic rings. The molecule has 0 aliphatic heterocycles. The second-order valence-electron chi connectivity index (χ2n) is 4.75. The summed E-state index contributed by atoms with van der Waals surface area (Å²) in [5.41, 5.74) is 2.02. The third kappa shape index (κ3) is 3.86. The molecule has 16 heavy (non-hydrogen) atoms. The van der Waals surface area contributed by atoms with E-state index < -0.39 is 6.10 Å². The number of aliphatic hydroxyl groups excluding tert-OH is 1. The lowest BCUT2D eigenvalue weighted by Crippen LogP contribution is -2.05. The van der Waals surface area contributed by atoms with Crippen LogP contribution in [0.15, 0.2) is 18.2 Å². The van der Waals surface area contributed by atoms with E-state index in [1.165, 1.54) is 0 Å². The summed E-state index contributed by atoms with van der Waals surface area (Å²) < 4.78 is 5.70. The second kappa shape index (κ2) is 5.90. The first-order valence-electron chi connectivity index (χ1n) is 5.92. The van der Waals surface area contributed by atoms with Crippen molar-refractivity contribution in [3.8, 4) is 5.75 Å². The molecular formula is C14H22O2. The Labute approximate surface area is 98.3 Å². The molecular weight excluding hydrogens is 200 g/mol. The Morgan fingerprint density at radius 2 is 1.94 bits per heavy atom. The Kier molecular flexibility index (Phi) is 4.81. The molecule has 2 nitrogen and oxygen atoms in total. The highest BCUT2D eigenvalue weighted by Gasteiger charge is 2.09. The smallest absolute Gasteiger partial charge is 0.125 e. The Hall–Kier alpha value is -1.02. The summed E-state index contributed by atoms with van der Waals surface area (Å²) in [5, 5.41) is 9.66. The molecule has 0 saturated heterocycles. The van der Waals surface area contributed by atoms with Crippen molar-refractivity contribution >= 4 is 0 Å². The van der Waals surface area contributed by atoms with Crippen LogP contribution in [0.4, 0.5) is 0 Å². The van der Waals surface area contributed by atoms with E-state index in [1.54, 1.807) is 6.92 Å². The maximum absolute atomic E-state index is 9.66. The van der Waals surface area contributed by atoms with Crippen LogP contribution in [0.2, 0.25) is 0 Å². The average molecular weight is 222 g/mol. The predicted octanol–water partition coefficient (Wildman–Crippen LogP) is 3.47. The van der Waals surface area contributed by atoms with Gasteiger partial charge in [-0.05, 0) is 38.3 Å². The molecule has 0 heterocycles. The van der Waals surface area contributed by atoms with Crippen LogP contribution in [0.5, 0.6) is 5.75 Å². The maximum Gasteiger partial charge on any atom is 0.125 e. The highest BCUT2D eigenvalue weighted by molar-refractivity contribution is 5.38. The van der Waals surface area contributed by atoms with Crippen molar-refractivity contribution in [2.45, 2.75) is 40.2 Å². The van der Waals surface area contributed by atoms with Gasteiger partial charge in [0.25, 0.3) is 0 Å². The fourth-order valence-electron chi connectivity index (χ4n) is 1.53. The third-order valence-corrected chi connectivity index (χ3v) is 2.57. The van der Waals surface area contributed by atoms with E-state index in [1.807, 2.05) is 25.1 Å². The minimum atomic E-state index is -0.478. The molecule has 0 radical (unpaired) electrons. The predicted molar refractivity (Wildman–Crippen MR) is 66.8 cm³/mol. The van der Waals surface area contributed by atoms with E-state index >= 15 is 0 Å². The Bertz CT molecular complexity index is 330. The van der Waals surface area contributed by atoms with Gasteiger partial charge in [-0.1, -0.05) is 25.5 Å². The summed E-state index contributed by atoms with van der Waals surface area (Å²) >= 11 is 0. The van der Waals surface area contributed by atoms with E-state index in [0.717, 1.165) is 23.3 Å². The van der Waals surface area contributed by atoms with E-state index in [9.17, 15) is 5.11 Å². The molecule has 0 fully saturated rings. The van der Waals surface area contributed by atoms with Crippen LogP contribution in [0, 0.1) is 12.8 Å². The second-order valence-corrected chi connectivity index (χ2v) is 4.75. The van der Waals surface area contributed by atoms with Gasteiger partial charge in [-0.2, -0.15) is 0 Å². The standard InChI is InChI=1S/C14H22O2/c1-10(2)7-8-16-14-6-5-11(3)9-13(14)12(4)15/h5-6,9-10,12,15H,7-8H2,1-4H3/t12-/m0/s1. The lowest BCUT2D eigenvalue weighted by atomic mass is 10.1. The van der Waals surface area contributed by atoms with Crippen LogP contribution in [0.1, 0.15) is 44.4 Å². The number of benzene rings is 1. The van der Waals surface area contributed by atoms with Crippen molar-refractivity contribution in [1.29, 1.82) is 0 Å². The number of hydrogen-bond acceptors (Lipinski definition) is 2. The van der Waals surface area contributed by atoms with E-state index in [-0.39, 0.29) is 0 Å². The van der Waals surface area contributed by atoms with Gasteiger partial charge in [-0.15, -0.1) is 0 Å². The van der Waals surface area contributed by atoms with Crippen molar-refractivity contribution < 1.29 is 9.84 Å². The molecule has 0 amide bonds. The zero-order valence-corrected chi connectivity index (χ0v) is 10.7. The average Bonchev–Trinajstić information content (AvgIpc) is 2.19. The summed E-state index contributed by atoms with van der Waals surface area (Å²) in [6.45, 7) is 8.84. The molecule has 1 aromatic carbocycles. The van der Waals surface area contributed by atoms with Gasteiger partial charge in [0.05, 0.1) is 12.7 Å². The summed E-state index contributed by atoms with van der Waals surface area (Å²) in [6.07, 6.45) is 0.557. The lowest BCUT2D eigenvalue weighted by molar-refractivity contribution is 0.190. The first-order valence-corrected chi connectivity index (χ1v) is 5.92. The molecule has 0 aliphatic carbocycles. The summed E-state index contributed by atoms with van der Waals surface area (Å²) in [4.78, 5) is 0. The monoisotopic (exact) mass is 222 g/mol. The van der Waals surface area contributed by atoms with Crippen LogP contribution < -0.4 is 4.74 Å². The van der Waals surface area contributed by atoms with Gasteiger partial charge in [-0.25, -0.2) is 0 Å². The molecule has 0 saturated carbocycles. The van der Waals surface area contributed by atoms with Crippen molar-refractivity contribution in [2.75, 3.05) is 6.61 Å². The lowest BCUT2D eigenvalue weighted by Gasteiger charge is -2.15.